The summed E-state index contributed by atoms with van der Waals surface area (Å²) in [6.07, 6.45) is 5.44. The van der Waals surface area contributed by atoms with Gasteiger partial charge in [-0.2, -0.15) is 0 Å². The van der Waals surface area contributed by atoms with Gasteiger partial charge in [-0.3, -0.25) is 5.32 Å². The van der Waals surface area contributed by atoms with E-state index in [4.69, 9.17) is 4.74 Å². The number of hydrogen-bond donors (Lipinski definition) is 1. The molecular formula is C27H34FNO2. The van der Waals surface area contributed by atoms with Crippen LogP contribution in [-0.2, 0) is 11.8 Å². The monoisotopic (exact) mass is 423 g/mol. The fraction of sp³-hybridized carbons (Fsp3) is 0.519. The van der Waals surface area contributed by atoms with E-state index in [1.54, 1.807) is 0 Å². The summed E-state index contributed by atoms with van der Waals surface area (Å²) in [4.78, 5) is 12.6. The van der Waals surface area contributed by atoms with Crippen molar-refractivity contribution in [3.63, 3.8) is 0 Å². The van der Waals surface area contributed by atoms with Gasteiger partial charge in [0.15, 0.2) is 0 Å². The van der Waals surface area contributed by atoms with Crippen molar-refractivity contribution in [1.29, 1.82) is 0 Å². The summed E-state index contributed by atoms with van der Waals surface area (Å²) in [6, 6.07) is 9.87. The SMILES string of the molecule is CC(C)c1c(OC(=O)Nc2ccc(F)cc2)ccc2c1CCC1C(C)(C)CCC[C@]21C. The summed E-state index contributed by atoms with van der Waals surface area (Å²) >= 11 is 0. The van der Waals surface area contributed by atoms with Crippen LogP contribution in [-0.4, -0.2) is 6.09 Å². The van der Waals surface area contributed by atoms with Gasteiger partial charge in [0.05, 0.1) is 0 Å². The van der Waals surface area contributed by atoms with Crippen molar-refractivity contribution in [2.75, 3.05) is 5.32 Å². The quantitative estimate of drug-likeness (QED) is 0.552. The smallest absolute Gasteiger partial charge is 0.410 e. The summed E-state index contributed by atoms with van der Waals surface area (Å²) in [5.74, 6) is 1.22. The summed E-state index contributed by atoms with van der Waals surface area (Å²) in [7, 11) is 0. The second-order valence-electron chi connectivity index (χ2n) is 10.5. The highest BCUT2D eigenvalue weighted by Crippen LogP contribution is 2.58. The van der Waals surface area contributed by atoms with E-state index in [1.165, 1.54) is 61.1 Å². The second kappa shape index (κ2) is 7.96. The lowest BCUT2D eigenvalue weighted by Gasteiger charge is -2.54. The van der Waals surface area contributed by atoms with Gasteiger partial charge in [-0.05, 0) is 89.8 Å². The number of hydrogen-bond acceptors (Lipinski definition) is 2. The molecule has 0 radical (unpaired) electrons. The lowest BCUT2D eigenvalue weighted by Crippen LogP contribution is -2.48. The first-order valence-corrected chi connectivity index (χ1v) is 11.5. The maximum atomic E-state index is 13.1. The molecule has 0 spiro atoms. The fourth-order valence-electron chi connectivity index (χ4n) is 6.39. The van der Waals surface area contributed by atoms with Crippen molar-refractivity contribution in [3.05, 3.63) is 58.9 Å². The van der Waals surface area contributed by atoms with Crippen LogP contribution in [0.15, 0.2) is 36.4 Å². The van der Waals surface area contributed by atoms with Crippen LogP contribution >= 0.6 is 0 Å². The molecule has 1 fully saturated rings. The van der Waals surface area contributed by atoms with E-state index in [0.29, 0.717) is 22.8 Å². The van der Waals surface area contributed by atoms with E-state index >= 15 is 0 Å². The first kappa shape index (κ1) is 21.9. The zero-order valence-electron chi connectivity index (χ0n) is 19.3. The number of ether oxygens (including phenoxy) is 1. The zero-order valence-corrected chi connectivity index (χ0v) is 19.3. The van der Waals surface area contributed by atoms with Gasteiger partial charge >= 0.3 is 6.09 Å². The van der Waals surface area contributed by atoms with Gasteiger partial charge in [0.1, 0.15) is 11.6 Å². The van der Waals surface area contributed by atoms with Crippen LogP contribution in [0.1, 0.15) is 82.9 Å². The van der Waals surface area contributed by atoms with E-state index in [-0.39, 0.29) is 17.2 Å². The molecule has 1 saturated carbocycles. The lowest BCUT2D eigenvalue weighted by molar-refractivity contribution is 0.0404. The molecule has 2 aliphatic rings. The summed E-state index contributed by atoms with van der Waals surface area (Å²) in [6.45, 7) is 11.6. The molecule has 0 aromatic heterocycles. The van der Waals surface area contributed by atoms with E-state index in [2.05, 4.69) is 46.0 Å². The van der Waals surface area contributed by atoms with Crippen LogP contribution in [0.25, 0.3) is 0 Å². The molecule has 1 N–H and O–H groups in total. The Bertz CT molecular complexity index is 979. The topological polar surface area (TPSA) is 38.3 Å². The average Bonchev–Trinajstić information content (AvgIpc) is 2.68. The van der Waals surface area contributed by atoms with E-state index in [1.807, 2.05) is 6.07 Å². The second-order valence-corrected chi connectivity index (χ2v) is 10.5. The number of benzene rings is 2. The van der Waals surface area contributed by atoms with Crippen LogP contribution in [0.5, 0.6) is 5.75 Å². The van der Waals surface area contributed by atoms with E-state index in [9.17, 15) is 9.18 Å². The van der Waals surface area contributed by atoms with Crippen molar-refractivity contribution in [1.82, 2.24) is 0 Å². The number of carbonyl (C=O) groups is 1. The minimum absolute atomic E-state index is 0.174. The molecule has 31 heavy (non-hydrogen) atoms. The van der Waals surface area contributed by atoms with Gasteiger partial charge in [0.25, 0.3) is 0 Å². The molecule has 166 valence electrons. The number of fused-ring (bicyclic) bond motifs is 3. The minimum Gasteiger partial charge on any atom is -0.410 e. The average molecular weight is 424 g/mol. The first-order valence-electron chi connectivity index (χ1n) is 11.5. The van der Waals surface area contributed by atoms with Gasteiger partial charge in [0.2, 0.25) is 0 Å². The summed E-state index contributed by atoms with van der Waals surface area (Å²) in [5.41, 5.74) is 5.01. The zero-order chi connectivity index (χ0) is 22.4. The Labute approximate surface area is 185 Å². The Hall–Kier alpha value is -2.36. The highest BCUT2D eigenvalue weighted by atomic mass is 19.1. The largest absolute Gasteiger partial charge is 0.417 e. The molecule has 4 rings (SSSR count). The Morgan fingerprint density at radius 1 is 1.10 bits per heavy atom. The predicted octanol–water partition coefficient (Wildman–Crippen LogP) is 7.59. The highest BCUT2D eigenvalue weighted by molar-refractivity contribution is 5.86. The summed E-state index contributed by atoms with van der Waals surface area (Å²) < 4.78 is 18.9. The molecule has 2 aliphatic carbocycles. The van der Waals surface area contributed by atoms with Crippen molar-refractivity contribution in [2.24, 2.45) is 11.3 Å². The molecule has 2 atom stereocenters. The Kier molecular flexibility index (Phi) is 5.61. The van der Waals surface area contributed by atoms with Gasteiger partial charge in [-0.25, -0.2) is 9.18 Å². The third kappa shape index (κ3) is 3.97. The molecule has 4 heteroatoms. The minimum atomic E-state index is -0.549. The number of anilines is 1. The maximum Gasteiger partial charge on any atom is 0.417 e. The maximum absolute atomic E-state index is 13.1. The van der Waals surface area contributed by atoms with Crippen LogP contribution in [0, 0.1) is 17.2 Å². The third-order valence-corrected chi connectivity index (χ3v) is 7.72. The molecular weight excluding hydrogens is 389 g/mol. The van der Waals surface area contributed by atoms with Gasteiger partial charge in [-0.15, -0.1) is 0 Å². The Morgan fingerprint density at radius 3 is 2.48 bits per heavy atom. The standard InChI is InChI=1S/C27H34FNO2/c1-17(2)24-20-11-14-23-26(3,4)15-6-16-27(23,5)21(20)12-13-22(24)31-25(30)29-19-9-7-18(28)8-10-19/h7-10,12-13,17,23H,6,11,14-16H2,1-5H3,(H,29,30)/t23?,27-/m1/s1. The molecule has 0 aliphatic heterocycles. The van der Waals surface area contributed by atoms with Crippen molar-refractivity contribution < 1.29 is 13.9 Å². The van der Waals surface area contributed by atoms with Crippen LogP contribution in [0.4, 0.5) is 14.9 Å². The van der Waals surface area contributed by atoms with Gasteiger partial charge in [0, 0.05) is 11.3 Å². The van der Waals surface area contributed by atoms with Crippen molar-refractivity contribution in [3.8, 4) is 5.75 Å². The fourth-order valence-corrected chi connectivity index (χ4v) is 6.39. The number of amides is 1. The molecule has 3 nitrogen and oxygen atoms in total. The molecule has 0 bridgehead atoms. The molecule has 0 saturated heterocycles. The molecule has 1 unspecified atom stereocenters. The van der Waals surface area contributed by atoms with Crippen molar-refractivity contribution >= 4 is 11.8 Å². The highest BCUT2D eigenvalue weighted by Gasteiger charge is 2.50. The molecule has 2 aromatic rings. The predicted molar refractivity (Wildman–Crippen MR) is 123 cm³/mol. The third-order valence-electron chi connectivity index (χ3n) is 7.72. The Balaban J connectivity index is 1.66. The first-order chi connectivity index (χ1) is 14.6. The van der Waals surface area contributed by atoms with Crippen LogP contribution < -0.4 is 10.1 Å². The van der Waals surface area contributed by atoms with Gasteiger partial charge in [-0.1, -0.05) is 47.1 Å². The Morgan fingerprint density at radius 2 is 1.81 bits per heavy atom. The normalized spacial score (nSPS) is 24.3. The number of rotatable bonds is 3. The molecule has 2 aromatic carbocycles. The number of halogens is 1. The lowest BCUT2D eigenvalue weighted by atomic mass is 9.50. The number of carbonyl (C=O) groups excluding carboxylic acids is 1. The number of nitrogens with one attached hydrogen (secondary N) is 1. The molecule has 1 amide bonds. The van der Waals surface area contributed by atoms with Crippen LogP contribution in [0.3, 0.4) is 0 Å². The van der Waals surface area contributed by atoms with Gasteiger partial charge < -0.3 is 4.74 Å². The summed E-state index contributed by atoms with van der Waals surface area (Å²) in [5, 5.41) is 2.70. The molecule has 0 heterocycles. The van der Waals surface area contributed by atoms with Crippen molar-refractivity contribution in [2.45, 2.75) is 78.1 Å². The van der Waals surface area contributed by atoms with Crippen LogP contribution in [0.2, 0.25) is 0 Å². The van der Waals surface area contributed by atoms with E-state index in [0.717, 1.165) is 12.0 Å². The van der Waals surface area contributed by atoms with E-state index < -0.39 is 6.09 Å².